The zero-order valence-electron chi connectivity index (χ0n) is 9.81. The highest BCUT2D eigenvalue weighted by molar-refractivity contribution is 6.28. The number of aryl methyl sites for hydroxylation is 1. The molecular formula is C13H11ClN4. The van der Waals surface area contributed by atoms with Gasteiger partial charge in [0.2, 0.25) is 5.28 Å². The normalized spacial score (nSPS) is 9.83. The van der Waals surface area contributed by atoms with Crippen molar-refractivity contribution in [3.05, 3.63) is 46.9 Å². The maximum absolute atomic E-state index is 8.75. The van der Waals surface area contributed by atoms with E-state index in [0.717, 1.165) is 16.8 Å². The Morgan fingerprint density at radius 2 is 2.22 bits per heavy atom. The summed E-state index contributed by atoms with van der Waals surface area (Å²) >= 11 is 5.71. The first-order valence-electron chi connectivity index (χ1n) is 5.41. The Morgan fingerprint density at radius 3 is 2.94 bits per heavy atom. The van der Waals surface area contributed by atoms with Crippen LogP contribution in [0.1, 0.15) is 11.1 Å². The van der Waals surface area contributed by atoms with Crippen LogP contribution in [0, 0.1) is 18.3 Å². The number of nitriles is 1. The van der Waals surface area contributed by atoms with Gasteiger partial charge in [0.1, 0.15) is 5.82 Å². The van der Waals surface area contributed by atoms with Crippen molar-refractivity contribution in [2.75, 3.05) is 5.32 Å². The van der Waals surface area contributed by atoms with Crippen LogP contribution >= 0.6 is 11.6 Å². The first kappa shape index (κ1) is 12.3. The predicted molar refractivity (Wildman–Crippen MR) is 70.8 cm³/mol. The fraction of sp³-hybridized carbons (Fsp3) is 0.154. The first-order chi connectivity index (χ1) is 8.69. The molecule has 0 bridgehead atoms. The van der Waals surface area contributed by atoms with E-state index in [9.17, 15) is 0 Å². The summed E-state index contributed by atoms with van der Waals surface area (Å²) in [6.07, 6.45) is 1.98. The Labute approximate surface area is 110 Å². The molecule has 2 aromatic rings. The molecule has 0 atom stereocenters. The van der Waals surface area contributed by atoms with Gasteiger partial charge in [-0.2, -0.15) is 5.26 Å². The van der Waals surface area contributed by atoms with E-state index in [0.29, 0.717) is 12.2 Å². The van der Waals surface area contributed by atoms with Crippen LogP contribution in [-0.2, 0) is 6.42 Å². The molecular weight excluding hydrogens is 248 g/mol. The van der Waals surface area contributed by atoms with Crippen molar-refractivity contribution >= 4 is 23.1 Å². The molecule has 0 unspecified atom stereocenters. The molecule has 0 aliphatic carbocycles. The topological polar surface area (TPSA) is 61.6 Å². The van der Waals surface area contributed by atoms with Gasteiger partial charge < -0.3 is 5.32 Å². The van der Waals surface area contributed by atoms with Crippen molar-refractivity contribution in [2.24, 2.45) is 0 Å². The van der Waals surface area contributed by atoms with Crippen LogP contribution in [-0.4, -0.2) is 9.97 Å². The number of benzene rings is 1. The SMILES string of the molecule is Cc1ccc(Nc2ccnc(Cl)n2)cc1CC#N. The molecule has 1 aromatic carbocycles. The Hall–Kier alpha value is -2.12. The van der Waals surface area contributed by atoms with Crippen LogP contribution in [0.25, 0.3) is 0 Å². The molecule has 90 valence electrons. The zero-order chi connectivity index (χ0) is 13.0. The number of aromatic nitrogens is 2. The lowest BCUT2D eigenvalue weighted by Gasteiger charge is -2.08. The summed E-state index contributed by atoms with van der Waals surface area (Å²) in [4.78, 5) is 7.86. The third-order valence-corrected chi connectivity index (χ3v) is 2.70. The van der Waals surface area contributed by atoms with E-state index in [-0.39, 0.29) is 5.28 Å². The van der Waals surface area contributed by atoms with E-state index in [4.69, 9.17) is 16.9 Å². The highest BCUT2D eigenvalue weighted by atomic mass is 35.5. The minimum Gasteiger partial charge on any atom is -0.340 e. The molecule has 4 nitrogen and oxygen atoms in total. The van der Waals surface area contributed by atoms with Gasteiger partial charge in [0.15, 0.2) is 0 Å². The molecule has 0 saturated carbocycles. The van der Waals surface area contributed by atoms with Crippen molar-refractivity contribution in [1.29, 1.82) is 5.26 Å². The molecule has 1 heterocycles. The van der Waals surface area contributed by atoms with E-state index >= 15 is 0 Å². The average Bonchev–Trinajstić information content (AvgIpc) is 2.34. The molecule has 5 heteroatoms. The maximum atomic E-state index is 8.75. The number of nitrogens with one attached hydrogen (secondary N) is 1. The minimum absolute atomic E-state index is 0.198. The van der Waals surface area contributed by atoms with Gasteiger partial charge in [-0.3, -0.25) is 0 Å². The van der Waals surface area contributed by atoms with E-state index in [1.165, 1.54) is 0 Å². The lowest BCUT2D eigenvalue weighted by molar-refractivity contribution is 1.16. The van der Waals surface area contributed by atoms with Crippen LogP contribution in [0.4, 0.5) is 11.5 Å². The third-order valence-electron chi connectivity index (χ3n) is 2.52. The molecule has 0 aliphatic rings. The fourth-order valence-corrected chi connectivity index (χ4v) is 1.72. The summed E-state index contributed by atoms with van der Waals surface area (Å²) in [6, 6.07) is 9.73. The smallest absolute Gasteiger partial charge is 0.224 e. The average molecular weight is 259 g/mol. The largest absolute Gasteiger partial charge is 0.340 e. The minimum atomic E-state index is 0.198. The second kappa shape index (κ2) is 5.48. The van der Waals surface area contributed by atoms with Crippen molar-refractivity contribution < 1.29 is 0 Å². The summed E-state index contributed by atoms with van der Waals surface area (Å²) in [5.41, 5.74) is 2.98. The van der Waals surface area contributed by atoms with Gasteiger partial charge in [0.05, 0.1) is 12.5 Å². The van der Waals surface area contributed by atoms with Crippen LogP contribution in [0.5, 0.6) is 0 Å². The van der Waals surface area contributed by atoms with Crippen molar-refractivity contribution in [3.63, 3.8) is 0 Å². The summed E-state index contributed by atoms with van der Waals surface area (Å²) in [7, 11) is 0. The summed E-state index contributed by atoms with van der Waals surface area (Å²) < 4.78 is 0. The summed E-state index contributed by atoms with van der Waals surface area (Å²) in [6.45, 7) is 1.98. The zero-order valence-corrected chi connectivity index (χ0v) is 10.6. The predicted octanol–water partition coefficient (Wildman–Crippen LogP) is 3.25. The number of hydrogen-bond acceptors (Lipinski definition) is 4. The molecule has 0 radical (unpaired) electrons. The van der Waals surface area contributed by atoms with Gasteiger partial charge in [-0.05, 0) is 47.9 Å². The monoisotopic (exact) mass is 258 g/mol. The first-order valence-corrected chi connectivity index (χ1v) is 5.79. The molecule has 2 rings (SSSR count). The molecule has 0 saturated heterocycles. The number of anilines is 2. The van der Waals surface area contributed by atoms with Crippen LogP contribution in [0.3, 0.4) is 0 Å². The standard InChI is InChI=1S/C13H11ClN4/c1-9-2-3-11(8-10(9)4-6-15)17-12-5-7-16-13(14)18-12/h2-3,5,7-8H,4H2,1H3,(H,16,17,18). The number of nitrogens with zero attached hydrogens (tertiary/aromatic N) is 3. The van der Waals surface area contributed by atoms with E-state index in [1.807, 2.05) is 25.1 Å². The second-order valence-corrected chi connectivity index (χ2v) is 4.15. The maximum Gasteiger partial charge on any atom is 0.224 e. The number of halogens is 1. The van der Waals surface area contributed by atoms with Crippen molar-refractivity contribution in [3.8, 4) is 6.07 Å². The van der Waals surface area contributed by atoms with Gasteiger partial charge >= 0.3 is 0 Å². The molecule has 1 aromatic heterocycles. The Morgan fingerprint density at radius 1 is 1.39 bits per heavy atom. The van der Waals surface area contributed by atoms with Crippen LogP contribution < -0.4 is 5.32 Å². The second-order valence-electron chi connectivity index (χ2n) is 3.81. The van der Waals surface area contributed by atoms with Crippen LogP contribution in [0.15, 0.2) is 30.5 Å². The lowest BCUT2D eigenvalue weighted by atomic mass is 10.1. The van der Waals surface area contributed by atoms with Gasteiger partial charge in [0.25, 0.3) is 0 Å². The Kier molecular flexibility index (Phi) is 3.75. The molecule has 1 N–H and O–H groups in total. The van der Waals surface area contributed by atoms with E-state index < -0.39 is 0 Å². The van der Waals surface area contributed by atoms with Gasteiger partial charge in [-0.25, -0.2) is 9.97 Å². The Balaban J connectivity index is 2.24. The summed E-state index contributed by atoms with van der Waals surface area (Å²) in [5.74, 6) is 0.627. The van der Waals surface area contributed by atoms with E-state index in [2.05, 4.69) is 21.4 Å². The summed E-state index contributed by atoms with van der Waals surface area (Å²) in [5, 5.41) is 12.1. The fourth-order valence-electron chi connectivity index (χ4n) is 1.58. The molecule has 0 fully saturated rings. The van der Waals surface area contributed by atoms with Crippen molar-refractivity contribution in [2.45, 2.75) is 13.3 Å². The number of hydrogen-bond donors (Lipinski definition) is 1. The number of rotatable bonds is 3. The van der Waals surface area contributed by atoms with Gasteiger partial charge in [-0.1, -0.05) is 6.07 Å². The highest BCUT2D eigenvalue weighted by Gasteiger charge is 2.02. The van der Waals surface area contributed by atoms with Gasteiger partial charge in [-0.15, -0.1) is 0 Å². The molecule has 0 spiro atoms. The van der Waals surface area contributed by atoms with Crippen molar-refractivity contribution in [1.82, 2.24) is 9.97 Å². The van der Waals surface area contributed by atoms with Crippen LogP contribution in [0.2, 0.25) is 5.28 Å². The lowest BCUT2D eigenvalue weighted by Crippen LogP contribution is -1.96. The highest BCUT2D eigenvalue weighted by Crippen LogP contribution is 2.19. The molecule has 18 heavy (non-hydrogen) atoms. The van der Waals surface area contributed by atoms with Gasteiger partial charge in [0, 0.05) is 11.9 Å². The quantitative estimate of drug-likeness (QED) is 0.859. The Bertz CT molecular complexity index is 604. The van der Waals surface area contributed by atoms with E-state index in [1.54, 1.807) is 12.3 Å². The molecule has 0 aliphatic heterocycles. The third kappa shape index (κ3) is 2.96. The molecule has 0 amide bonds.